The fourth-order valence-corrected chi connectivity index (χ4v) is 3.16. The van der Waals surface area contributed by atoms with E-state index in [1.807, 2.05) is 11.0 Å². The van der Waals surface area contributed by atoms with Crippen LogP contribution in [0.5, 0.6) is 0 Å². The molecule has 0 N–H and O–H groups in total. The van der Waals surface area contributed by atoms with Gasteiger partial charge in [-0.3, -0.25) is 13.9 Å². The highest BCUT2D eigenvalue weighted by Crippen LogP contribution is 2.28. The van der Waals surface area contributed by atoms with Crippen molar-refractivity contribution in [3.05, 3.63) is 38.1 Å². The Morgan fingerprint density at radius 2 is 2.04 bits per heavy atom. The Labute approximate surface area is 137 Å². The number of nitrogens with zero attached hydrogens (tertiary/aromatic N) is 6. The van der Waals surface area contributed by atoms with E-state index in [9.17, 15) is 14.9 Å². The largest absolute Gasteiger partial charge is 0.356 e. The lowest BCUT2D eigenvalue weighted by Crippen LogP contribution is -2.45. The van der Waals surface area contributed by atoms with E-state index in [0.717, 1.165) is 17.4 Å². The van der Waals surface area contributed by atoms with Gasteiger partial charge in [-0.05, 0) is 12.8 Å². The van der Waals surface area contributed by atoms with E-state index < -0.39 is 11.2 Å². The van der Waals surface area contributed by atoms with Gasteiger partial charge in [-0.25, -0.2) is 4.79 Å². The number of aryl methyl sites for hydroxylation is 1. The summed E-state index contributed by atoms with van der Waals surface area (Å²) in [5.74, 6) is 1.50. The molecular formula is C15H18N6O3. The quantitative estimate of drug-likeness (QED) is 0.764. The topological polar surface area (TPSA) is 110 Å². The molecule has 9 nitrogen and oxygen atoms in total. The molecule has 3 heterocycles. The maximum absolute atomic E-state index is 12.3. The van der Waals surface area contributed by atoms with Crippen molar-refractivity contribution >= 4 is 5.82 Å². The maximum atomic E-state index is 12.3. The first-order valence-corrected chi connectivity index (χ1v) is 7.69. The van der Waals surface area contributed by atoms with Gasteiger partial charge in [-0.2, -0.15) is 10.2 Å². The highest BCUT2D eigenvalue weighted by Gasteiger charge is 2.29. The molecule has 9 heteroatoms. The predicted octanol–water partition coefficient (Wildman–Crippen LogP) is 0.0311. The first-order valence-electron chi connectivity index (χ1n) is 7.69. The number of piperidine rings is 1. The molecule has 1 saturated heterocycles. The van der Waals surface area contributed by atoms with Crippen LogP contribution in [0, 0.1) is 18.3 Å². The van der Waals surface area contributed by atoms with Gasteiger partial charge >= 0.3 is 5.69 Å². The molecule has 0 amide bonds. The zero-order chi connectivity index (χ0) is 17.4. The van der Waals surface area contributed by atoms with Gasteiger partial charge in [-0.1, -0.05) is 5.16 Å². The highest BCUT2D eigenvalue weighted by atomic mass is 16.5. The summed E-state index contributed by atoms with van der Waals surface area (Å²) in [6.07, 6.45) is 1.72. The van der Waals surface area contributed by atoms with E-state index in [0.29, 0.717) is 30.6 Å². The van der Waals surface area contributed by atoms with Gasteiger partial charge in [0.25, 0.3) is 5.56 Å². The molecule has 2 aromatic rings. The van der Waals surface area contributed by atoms with Gasteiger partial charge in [0.1, 0.15) is 11.9 Å². The second kappa shape index (κ2) is 5.96. The van der Waals surface area contributed by atoms with Gasteiger partial charge in [0.05, 0.1) is 0 Å². The number of rotatable bonds is 2. The third-order valence-electron chi connectivity index (χ3n) is 4.37. The molecule has 3 rings (SSSR count). The molecule has 24 heavy (non-hydrogen) atoms. The maximum Gasteiger partial charge on any atom is 0.332 e. The molecule has 1 aliphatic rings. The fraction of sp³-hybridized carbons (Fsp3) is 0.533. The molecule has 126 valence electrons. The molecule has 1 aliphatic heterocycles. The van der Waals surface area contributed by atoms with Crippen LogP contribution in [0.2, 0.25) is 0 Å². The molecule has 0 unspecified atom stereocenters. The van der Waals surface area contributed by atoms with Crippen LogP contribution in [0.3, 0.4) is 0 Å². The summed E-state index contributed by atoms with van der Waals surface area (Å²) >= 11 is 0. The van der Waals surface area contributed by atoms with Crippen LogP contribution in [-0.2, 0) is 14.1 Å². The average molecular weight is 330 g/mol. The molecule has 2 aromatic heterocycles. The fourth-order valence-electron chi connectivity index (χ4n) is 3.16. The SMILES string of the molecule is Cc1nc([C@H]2CCCN(c3c(C#N)c(=O)n(C)c(=O)n3C)C2)no1. The van der Waals surface area contributed by atoms with Gasteiger partial charge in [0, 0.05) is 40.0 Å². The number of hydrogen-bond donors (Lipinski definition) is 0. The van der Waals surface area contributed by atoms with Crippen LogP contribution >= 0.6 is 0 Å². The van der Waals surface area contributed by atoms with Gasteiger partial charge in [-0.15, -0.1) is 0 Å². The van der Waals surface area contributed by atoms with E-state index in [4.69, 9.17) is 4.52 Å². The van der Waals surface area contributed by atoms with Crippen molar-refractivity contribution in [1.82, 2.24) is 19.3 Å². The average Bonchev–Trinajstić information content (AvgIpc) is 3.02. The minimum atomic E-state index is -0.576. The van der Waals surface area contributed by atoms with E-state index >= 15 is 0 Å². The summed E-state index contributed by atoms with van der Waals surface area (Å²) in [4.78, 5) is 30.6. The Kier molecular flexibility index (Phi) is 3.97. The summed E-state index contributed by atoms with van der Waals surface area (Å²) in [6, 6.07) is 1.94. The second-order valence-corrected chi connectivity index (χ2v) is 5.97. The van der Waals surface area contributed by atoms with Crippen molar-refractivity contribution < 1.29 is 4.52 Å². The van der Waals surface area contributed by atoms with Crippen molar-refractivity contribution in [3.63, 3.8) is 0 Å². The zero-order valence-corrected chi connectivity index (χ0v) is 13.8. The lowest BCUT2D eigenvalue weighted by atomic mass is 9.97. The third kappa shape index (κ3) is 2.50. The standard InChI is InChI=1S/C15H18N6O3/c1-9-17-12(18-24-9)10-5-4-6-21(8-10)13-11(7-16)14(22)20(3)15(23)19(13)2/h10H,4-6,8H2,1-3H3/t10-/m0/s1. The molecule has 0 aliphatic carbocycles. The van der Waals surface area contributed by atoms with Crippen LogP contribution < -0.4 is 16.1 Å². The Balaban J connectivity index is 2.05. The van der Waals surface area contributed by atoms with Gasteiger partial charge in [0.15, 0.2) is 11.4 Å². The van der Waals surface area contributed by atoms with Crippen LogP contribution in [0.4, 0.5) is 5.82 Å². The normalized spacial score (nSPS) is 17.8. The first kappa shape index (κ1) is 16.0. The first-order chi connectivity index (χ1) is 11.4. The molecular weight excluding hydrogens is 312 g/mol. The van der Waals surface area contributed by atoms with Crippen LogP contribution in [0.15, 0.2) is 14.1 Å². The zero-order valence-electron chi connectivity index (χ0n) is 13.8. The van der Waals surface area contributed by atoms with Crippen LogP contribution in [0.25, 0.3) is 0 Å². The number of aromatic nitrogens is 4. The second-order valence-electron chi connectivity index (χ2n) is 5.97. The molecule has 1 fully saturated rings. The lowest BCUT2D eigenvalue weighted by Gasteiger charge is -2.34. The smallest absolute Gasteiger partial charge is 0.332 e. The monoisotopic (exact) mass is 330 g/mol. The summed E-state index contributed by atoms with van der Waals surface area (Å²) < 4.78 is 7.34. The summed E-state index contributed by atoms with van der Waals surface area (Å²) in [7, 11) is 2.94. The minimum absolute atomic E-state index is 0.0236. The molecule has 1 atom stereocenters. The summed E-state index contributed by atoms with van der Waals surface area (Å²) in [5.41, 5.74) is -1.05. The van der Waals surface area contributed by atoms with E-state index in [1.54, 1.807) is 14.0 Å². The van der Waals surface area contributed by atoms with E-state index in [2.05, 4.69) is 10.1 Å². The predicted molar refractivity (Wildman–Crippen MR) is 84.9 cm³/mol. The molecule has 0 bridgehead atoms. The molecule has 0 aromatic carbocycles. The Bertz CT molecular complexity index is 932. The summed E-state index contributed by atoms with van der Waals surface area (Å²) in [6.45, 7) is 2.91. The van der Waals surface area contributed by atoms with Crippen molar-refractivity contribution in [3.8, 4) is 6.07 Å². The molecule has 0 radical (unpaired) electrons. The van der Waals surface area contributed by atoms with Crippen molar-refractivity contribution in [2.24, 2.45) is 14.1 Å². The van der Waals surface area contributed by atoms with Crippen molar-refractivity contribution in [2.75, 3.05) is 18.0 Å². The van der Waals surface area contributed by atoms with E-state index in [-0.39, 0.29) is 11.5 Å². The molecule has 0 saturated carbocycles. The number of hydrogen-bond acceptors (Lipinski definition) is 7. The van der Waals surface area contributed by atoms with Gasteiger partial charge in [0.2, 0.25) is 5.89 Å². The minimum Gasteiger partial charge on any atom is -0.356 e. The van der Waals surface area contributed by atoms with Crippen LogP contribution in [0.1, 0.15) is 36.0 Å². The third-order valence-corrected chi connectivity index (χ3v) is 4.37. The Hall–Kier alpha value is -2.89. The van der Waals surface area contributed by atoms with Crippen molar-refractivity contribution in [2.45, 2.75) is 25.7 Å². The molecule has 0 spiro atoms. The highest BCUT2D eigenvalue weighted by molar-refractivity contribution is 5.54. The summed E-state index contributed by atoms with van der Waals surface area (Å²) in [5, 5.41) is 13.4. The Morgan fingerprint density at radius 3 is 2.67 bits per heavy atom. The Morgan fingerprint density at radius 1 is 1.29 bits per heavy atom. The van der Waals surface area contributed by atoms with Crippen LogP contribution in [-0.4, -0.2) is 32.4 Å². The number of nitriles is 1. The lowest BCUT2D eigenvalue weighted by molar-refractivity contribution is 0.376. The number of anilines is 1. The van der Waals surface area contributed by atoms with Gasteiger partial charge < -0.3 is 9.42 Å². The van der Waals surface area contributed by atoms with E-state index in [1.165, 1.54) is 11.6 Å². The van der Waals surface area contributed by atoms with Crippen molar-refractivity contribution in [1.29, 1.82) is 5.26 Å².